The fourth-order valence-electron chi connectivity index (χ4n) is 1.20. The van der Waals surface area contributed by atoms with E-state index >= 15 is 0 Å². The van der Waals surface area contributed by atoms with Gasteiger partial charge in [-0.3, -0.25) is 0 Å². The van der Waals surface area contributed by atoms with Crippen molar-refractivity contribution in [1.82, 2.24) is 0 Å². The predicted octanol–water partition coefficient (Wildman–Crippen LogP) is 3.12. The lowest BCUT2D eigenvalue weighted by Crippen LogP contribution is -2.25. The van der Waals surface area contributed by atoms with Crippen LogP contribution in [-0.2, 0) is 0 Å². The minimum atomic E-state index is -2.11. The van der Waals surface area contributed by atoms with Crippen molar-refractivity contribution in [2.45, 2.75) is 26.4 Å². The van der Waals surface area contributed by atoms with E-state index in [-0.39, 0.29) is 0 Å². The van der Waals surface area contributed by atoms with Gasteiger partial charge in [-0.15, -0.1) is 0 Å². The molecule has 1 rings (SSSR count). The first-order chi connectivity index (χ1) is 8.06. The molecular formula is C11H10F4O3. The second-order valence-electron chi connectivity index (χ2n) is 4.48. The summed E-state index contributed by atoms with van der Waals surface area (Å²) in [7, 11) is 0. The zero-order valence-electron chi connectivity index (χ0n) is 9.78. The van der Waals surface area contributed by atoms with E-state index in [9.17, 15) is 22.4 Å². The second kappa shape index (κ2) is 4.47. The Morgan fingerprint density at radius 3 is 1.67 bits per heavy atom. The highest BCUT2D eigenvalue weighted by atomic mass is 19.2. The summed E-state index contributed by atoms with van der Waals surface area (Å²) in [5.74, 6) is -11.1. The number of halogens is 4. The maximum atomic E-state index is 13.4. The molecule has 1 aromatic carbocycles. The summed E-state index contributed by atoms with van der Waals surface area (Å²) in [5.41, 5.74) is -2.79. The molecule has 0 aliphatic heterocycles. The molecule has 0 saturated carbocycles. The number of rotatable bonds is 2. The van der Waals surface area contributed by atoms with Crippen LogP contribution in [0.4, 0.5) is 17.6 Å². The molecule has 3 nitrogen and oxygen atoms in total. The highest BCUT2D eigenvalue weighted by molar-refractivity contribution is 5.88. The standard InChI is InChI=1S/C11H10F4O3/c1-11(2,3)18-9-7(14)5(12)4(10(16)17)6(13)8(9)15/h1-3H3,(H,16,17). The highest BCUT2D eigenvalue weighted by Gasteiger charge is 2.32. The molecule has 0 heterocycles. The first kappa shape index (κ1) is 14.3. The van der Waals surface area contributed by atoms with Crippen LogP contribution in [0.1, 0.15) is 31.1 Å². The minimum absolute atomic E-state index is 1.11. The maximum Gasteiger partial charge on any atom is 0.341 e. The second-order valence-corrected chi connectivity index (χ2v) is 4.48. The van der Waals surface area contributed by atoms with Gasteiger partial charge in [0.1, 0.15) is 11.2 Å². The fraction of sp³-hybridized carbons (Fsp3) is 0.364. The van der Waals surface area contributed by atoms with Crippen molar-refractivity contribution in [1.29, 1.82) is 0 Å². The maximum absolute atomic E-state index is 13.4. The molecule has 0 aliphatic carbocycles. The Kier molecular flexibility index (Phi) is 3.54. The number of benzene rings is 1. The number of ether oxygens (including phenoxy) is 1. The molecule has 0 saturated heterocycles. The van der Waals surface area contributed by atoms with E-state index in [0.717, 1.165) is 0 Å². The Bertz CT molecular complexity index is 477. The van der Waals surface area contributed by atoms with E-state index < -0.39 is 46.2 Å². The summed E-state index contributed by atoms with van der Waals surface area (Å²) in [6.07, 6.45) is 0. The van der Waals surface area contributed by atoms with Crippen LogP contribution in [0, 0.1) is 23.3 Å². The predicted molar refractivity (Wildman–Crippen MR) is 53.6 cm³/mol. The molecule has 0 radical (unpaired) electrons. The van der Waals surface area contributed by atoms with Crippen LogP contribution in [0.25, 0.3) is 0 Å². The van der Waals surface area contributed by atoms with Gasteiger partial charge in [0.15, 0.2) is 17.4 Å². The summed E-state index contributed by atoms with van der Waals surface area (Å²) in [5, 5.41) is 8.46. The zero-order chi connectivity index (χ0) is 14.2. The van der Waals surface area contributed by atoms with Gasteiger partial charge in [-0.25, -0.2) is 13.6 Å². The Hall–Kier alpha value is -1.79. The van der Waals surface area contributed by atoms with Gasteiger partial charge < -0.3 is 9.84 Å². The van der Waals surface area contributed by atoms with Gasteiger partial charge in [-0.05, 0) is 20.8 Å². The van der Waals surface area contributed by atoms with E-state index in [0.29, 0.717) is 0 Å². The molecule has 0 aliphatic rings. The molecule has 0 fully saturated rings. The quantitative estimate of drug-likeness (QED) is 0.660. The first-order valence-corrected chi connectivity index (χ1v) is 4.84. The molecule has 7 heteroatoms. The monoisotopic (exact) mass is 266 g/mol. The molecular weight excluding hydrogens is 256 g/mol. The van der Waals surface area contributed by atoms with E-state index in [1.54, 1.807) is 0 Å². The van der Waals surface area contributed by atoms with Crippen molar-refractivity contribution in [3.05, 3.63) is 28.8 Å². The smallest absolute Gasteiger partial charge is 0.341 e. The molecule has 0 amide bonds. The third-order valence-corrected chi connectivity index (χ3v) is 1.85. The Morgan fingerprint density at radius 1 is 1.00 bits per heavy atom. The van der Waals surface area contributed by atoms with Crippen LogP contribution < -0.4 is 4.74 Å². The van der Waals surface area contributed by atoms with Gasteiger partial charge in [0.05, 0.1) is 0 Å². The van der Waals surface area contributed by atoms with Crippen molar-refractivity contribution >= 4 is 5.97 Å². The number of carboxylic acids is 1. The zero-order valence-corrected chi connectivity index (χ0v) is 9.78. The van der Waals surface area contributed by atoms with Crippen LogP contribution in [0.5, 0.6) is 5.75 Å². The molecule has 0 spiro atoms. The molecule has 1 N–H and O–H groups in total. The third kappa shape index (κ3) is 2.55. The summed E-state index contributed by atoms with van der Waals surface area (Å²) in [6.45, 7) is 4.23. The van der Waals surface area contributed by atoms with Crippen LogP contribution in [0.3, 0.4) is 0 Å². The van der Waals surface area contributed by atoms with Crippen molar-refractivity contribution in [2.24, 2.45) is 0 Å². The van der Waals surface area contributed by atoms with Gasteiger partial charge in [-0.1, -0.05) is 0 Å². The van der Waals surface area contributed by atoms with Crippen LogP contribution in [0.15, 0.2) is 0 Å². The Balaban J connectivity index is 3.54. The number of hydrogen-bond acceptors (Lipinski definition) is 2. The van der Waals surface area contributed by atoms with Crippen molar-refractivity contribution in [2.75, 3.05) is 0 Å². The van der Waals surface area contributed by atoms with Gasteiger partial charge in [0.2, 0.25) is 11.6 Å². The van der Waals surface area contributed by atoms with Crippen LogP contribution >= 0.6 is 0 Å². The molecule has 0 atom stereocenters. The first-order valence-electron chi connectivity index (χ1n) is 4.84. The van der Waals surface area contributed by atoms with Gasteiger partial charge in [-0.2, -0.15) is 8.78 Å². The molecule has 18 heavy (non-hydrogen) atoms. The third-order valence-electron chi connectivity index (χ3n) is 1.85. The van der Waals surface area contributed by atoms with Gasteiger partial charge >= 0.3 is 5.97 Å². The largest absolute Gasteiger partial charge is 0.482 e. The molecule has 0 aromatic heterocycles. The fourth-order valence-corrected chi connectivity index (χ4v) is 1.20. The minimum Gasteiger partial charge on any atom is -0.482 e. The summed E-state index contributed by atoms with van der Waals surface area (Å²) in [4.78, 5) is 10.5. The number of carboxylic acid groups (broad SMARTS) is 1. The normalized spacial score (nSPS) is 11.5. The molecule has 1 aromatic rings. The van der Waals surface area contributed by atoms with E-state index in [1.807, 2.05) is 0 Å². The number of carbonyl (C=O) groups is 1. The summed E-state index contributed by atoms with van der Waals surface area (Å²) < 4.78 is 58.2. The molecule has 0 bridgehead atoms. The van der Waals surface area contributed by atoms with Crippen molar-refractivity contribution in [3.8, 4) is 5.75 Å². The van der Waals surface area contributed by atoms with Crippen molar-refractivity contribution < 1.29 is 32.2 Å². The van der Waals surface area contributed by atoms with E-state index in [4.69, 9.17) is 9.84 Å². The van der Waals surface area contributed by atoms with Crippen LogP contribution in [0.2, 0.25) is 0 Å². The number of aromatic carboxylic acids is 1. The average molecular weight is 266 g/mol. The lowest BCUT2D eigenvalue weighted by molar-refractivity contribution is 0.0681. The van der Waals surface area contributed by atoms with E-state index in [2.05, 4.69) is 0 Å². The lowest BCUT2D eigenvalue weighted by Gasteiger charge is -2.22. The van der Waals surface area contributed by atoms with E-state index in [1.165, 1.54) is 20.8 Å². The Labute approximate surface area is 100.0 Å². The molecule has 0 unspecified atom stereocenters. The average Bonchev–Trinajstić information content (AvgIpc) is 2.20. The van der Waals surface area contributed by atoms with Gasteiger partial charge in [0.25, 0.3) is 0 Å². The SMILES string of the molecule is CC(C)(C)Oc1c(F)c(F)c(C(=O)O)c(F)c1F. The summed E-state index contributed by atoms with van der Waals surface area (Å²) in [6, 6.07) is 0. The topological polar surface area (TPSA) is 46.5 Å². The van der Waals surface area contributed by atoms with Gasteiger partial charge in [0, 0.05) is 0 Å². The van der Waals surface area contributed by atoms with Crippen LogP contribution in [-0.4, -0.2) is 16.7 Å². The van der Waals surface area contributed by atoms with Crippen molar-refractivity contribution in [3.63, 3.8) is 0 Å². The highest BCUT2D eigenvalue weighted by Crippen LogP contribution is 2.32. The summed E-state index contributed by atoms with van der Waals surface area (Å²) >= 11 is 0. The number of hydrogen-bond donors (Lipinski definition) is 1. The molecule has 100 valence electrons. The lowest BCUT2D eigenvalue weighted by atomic mass is 10.1. The Morgan fingerprint density at radius 2 is 1.39 bits per heavy atom.